The van der Waals surface area contributed by atoms with Gasteiger partial charge in [0.15, 0.2) is 0 Å². The molecule has 1 fully saturated rings. The molecule has 1 aliphatic rings. The molecule has 29 heavy (non-hydrogen) atoms. The van der Waals surface area contributed by atoms with Crippen LogP contribution in [0, 0.1) is 11.3 Å². The van der Waals surface area contributed by atoms with E-state index in [1.807, 2.05) is 63.2 Å². The second kappa shape index (κ2) is 8.91. The maximum absolute atomic E-state index is 12.4. The van der Waals surface area contributed by atoms with E-state index in [-0.39, 0.29) is 17.7 Å². The van der Waals surface area contributed by atoms with E-state index in [0.717, 1.165) is 40.4 Å². The van der Waals surface area contributed by atoms with Crippen molar-refractivity contribution in [3.8, 4) is 5.75 Å². The summed E-state index contributed by atoms with van der Waals surface area (Å²) in [5.41, 5.74) is 2.11. The van der Waals surface area contributed by atoms with E-state index >= 15 is 0 Å². The van der Waals surface area contributed by atoms with Crippen molar-refractivity contribution in [2.24, 2.45) is 11.3 Å². The van der Waals surface area contributed by atoms with Gasteiger partial charge in [0.25, 0.3) is 0 Å². The lowest BCUT2D eigenvalue weighted by atomic mass is 9.95. The summed E-state index contributed by atoms with van der Waals surface area (Å²) in [7, 11) is 1.64. The fraction of sp³-hybridized carbons (Fsp3) is 0.391. The summed E-state index contributed by atoms with van der Waals surface area (Å²) in [4.78, 5) is 25.4. The number of hydrogen-bond acceptors (Lipinski definition) is 4. The topological polar surface area (TPSA) is 67.4 Å². The minimum Gasteiger partial charge on any atom is -0.496 e. The molecule has 0 radical (unpaired) electrons. The van der Waals surface area contributed by atoms with Crippen molar-refractivity contribution in [3.63, 3.8) is 0 Å². The highest BCUT2D eigenvalue weighted by Gasteiger charge is 2.29. The summed E-state index contributed by atoms with van der Waals surface area (Å²) >= 11 is 1.62. The summed E-state index contributed by atoms with van der Waals surface area (Å²) < 4.78 is 5.50. The molecule has 0 heterocycles. The normalized spacial score (nSPS) is 13.7. The molecule has 0 unspecified atom stereocenters. The molecule has 0 atom stereocenters. The molecule has 1 aliphatic carbocycles. The number of thioether (sulfide) groups is 1. The molecule has 2 amide bonds. The maximum Gasteiger partial charge on any atom is 0.229 e. The number of ether oxygens (including phenoxy) is 1. The number of carbonyl (C=O) groups is 2. The maximum atomic E-state index is 12.4. The number of methoxy groups -OCH3 is 1. The molecule has 0 saturated heterocycles. The van der Waals surface area contributed by atoms with E-state index in [9.17, 15) is 9.59 Å². The molecule has 1 saturated carbocycles. The lowest BCUT2D eigenvalue weighted by molar-refractivity contribution is -0.123. The first kappa shape index (κ1) is 21.2. The van der Waals surface area contributed by atoms with Crippen molar-refractivity contribution in [2.45, 2.75) is 44.3 Å². The first-order valence-corrected chi connectivity index (χ1v) is 10.8. The monoisotopic (exact) mass is 412 g/mol. The molecular formula is C23H28N2O3S. The second-order valence-corrected chi connectivity index (χ2v) is 9.30. The molecule has 154 valence electrons. The summed E-state index contributed by atoms with van der Waals surface area (Å²) in [6.07, 6.45) is 1.95. The van der Waals surface area contributed by atoms with Gasteiger partial charge in [0.2, 0.25) is 11.8 Å². The van der Waals surface area contributed by atoms with Gasteiger partial charge in [-0.25, -0.2) is 0 Å². The minimum atomic E-state index is -0.463. The van der Waals surface area contributed by atoms with Crippen molar-refractivity contribution in [1.29, 1.82) is 0 Å². The number of hydrogen-bond donors (Lipinski definition) is 2. The van der Waals surface area contributed by atoms with Crippen LogP contribution in [-0.2, 0) is 15.3 Å². The van der Waals surface area contributed by atoms with Crippen molar-refractivity contribution in [1.82, 2.24) is 0 Å². The zero-order valence-electron chi connectivity index (χ0n) is 17.4. The highest BCUT2D eigenvalue weighted by molar-refractivity contribution is 7.98. The predicted molar refractivity (Wildman–Crippen MR) is 118 cm³/mol. The van der Waals surface area contributed by atoms with Crippen LogP contribution in [-0.4, -0.2) is 18.9 Å². The van der Waals surface area contributed by atoms with Crippen LogP contribution in [0.4, 0.5) is 11.4 Å². The van der Waals surface area contributed by atoms with E-state index in [1.165, 1.54) is 0 Å². The average Bonchev–Trinajstić information content (AvgIpc) is 3.52. The van der Waals surface area contributed by atoms with Gasteiger partial charge in [0.1, 0.15) is 5.75 Å². The Morgan fingerprint density at radius 1 is 1.10 bits per heavy atom. The minimum absolute atomic E-state index is 0.0204. The summed E-state index contributed by atoms with van der Waals surface area (Å²) in [6, 6.07) is 13.5. The number of nitrogens with one attached hydrogen (secondary N) is 2. The molecule has 0 spiro atoms. The smallest absolute Gasteiger partial charge is 0.229 e. The number of rotatable bonds is 7. The zero-order valence-corrected chi connectivity index (χ0v) is 18.2. The molecule has 5 nitrogen and oxygen atoms in total. The van der Waals surface area contributed by atoms with Crippen LogP contribution in [0.5, 0.6) is 5.75 Å². The van der Waals surface area contributed by atoms with Crippen LogP contribution in [0.15, 0.2) is 47.4 Å². The van der Waals surface area contributed by atoms with E-state index < -0.39 is 5.41 Å². The van der Waals surface area contributed by atoms with Gasteiger partial charge < -0.3 is 15.4 Å². The lowest BCUT2D eigenvalue weighted by Gasteiger charge is -2.19. The Morgan fingerprint density at radius 2 is 1.83 bits per heavy atom. The largest absolute Gasteiger partial charge is 0.496 e. The zero-order chi connectivity index (χ0) is 21.0. The first-order chi connectivity index (χ1) is 13.8. The van der Waals surface area contributed by atoms with Crippen molar-refractivity contribution in [3.05, 3.63) is 48.0 Å². The Labute approximate surface area is 176 Å². The fourth-order valence-corrected chi connectivity index (χ4v) is 3.71. The number of carbonyl (C=O) groups excluding carboxylic acids is 2. The third-order valence-corrected chi connectivity index (χ3v) is 5.82. The Hall–Kier alpha value is -2.47. The van der Waals surface area contributed by atoms with E-state index in [1.54, 1.807) is 18.9 Å². The predicted octanol–water partition coefficient (Wildman–Crippen LogP) is 5.32. The highest BCUT2D eigenvalue weighted by atomic mass is 32.2. The van der Waals surface area contributed by atoms with Crippen LogP contribution in [0.25, 0.3) is 0 Å². The van der Waals surface area contributed by atoms with Crippen LogP contribution < -0.4 is 15.4 Å². The van der Waals surface area contributed by atoms with Gasteiger partial charge in [-0.2, -0.15) is 0 Å². The molecule has 2 aromatic rings. The average molecular weight is 413 g/mol. The molecule has 2 aromatic carbocycles. The summed E-state index contributed by atoms with van der Waals surface area (Å²) in [5, 5.41) is 6.01. The standard InChI is InChI=1S/C23H28N2O3S/c1-23(2,3)22(27)25-18-7-5-6-8-20(18)29-14-16-13-17(11-12-19(16)28-4)24-21(26)15-9-10-15/h5-8,11-13,15H,9-10,14H2,1-4H3,(H,24,26)(H,25,27). The third kappa shape index (κ3) is 5.76. The van der Waals surface area contributed by atoms with Crippen LogP contribution in [0.1, 0.15) is 39.2 Å². The molecule has 6 heteroatoms. The molecule has 0 aliphatic heterocycles. The van der Waals surface area contributed by atoms with Gasteiger partial charge in [-0.1, -0.05) is 32.9 Å². The highest BCUT2D eigenvalue weighted by Crippen LogP contribution is 2.35. The molecule has 2 N–H and O–H groups in total. The van der Waals surface area contributed by atoms with E-state index in [4.69, 9.17) is 4.74 Å². The lowest BCUT2D eigenvalue weighted by Crippen LogP contribution is -2.27. The molecular weight excluding hydrogens is 384 g/mol. The summed E-state index contributed by atoms with van der Waals surface area (Å²) in [5.74, 6) is 1.65. The van der Waals surface area contributed by atoms with Gasteiger partial charge in [-0.15, -0.1) is 11.8 Å². The van der Waals surface area contributed by atoms with Crippen LogP contribution in [0.2, 0.25) is 0 Å². The van der Waals surface area contributed by atoms with Crippen molar-refractivity contribution in [2.75, 3.05) is 17.7 Å². The Kier molecular flexibility index (Phi) is 6.52. The number of anilines is 2. The quantitative estimate of drug-likeness (QED) is 0.604. The van der Waals surface area contributed by atoms with Gasteiger partial charge in [0.05, 0.1) is 12.8 Å². The Bertz CT molecular complexity index is 901. The Morgan fingerprint density at radius 3 is 2.48 bits per heavy atom. The summed E-state index contributed by atoms with van der Waals surface area (Å²) in [6.45, 7) is 5.68. The van der Waals surface area contributed by atoms with Crippen LogP contribution in [0.3, 0.4) is 0 Å². The van der Waals surface area contributed by atoms with Gasteiger partial charge in [-0.05, 0) is 43.2 Å². The number of benzene rings is 2. The van der Waals surface area contributed by atoms with Crippen molar-refractivity contribution < 1.29 is 14.3 Å². The van der Waals surface area contributed by atoms with Gasteiger partial charge >= 0.3 is 0 Å². The SMILES string of the molecule is COc1ccc(NC(=O)C2CC2)cc1CSc1ccccc1NC(=O)C(C)(C)C. The van der Waals surface area contributed by atoms with Crippen molar-refractivity contribution >= 4 is 35.0 Å². The number of para-hydroxylation sites is 1. The molecule has 3 rings (SSSR count). The molecule has 0 bridgehead atoms. The van der Waals surface area contributed by atoms with Crippen LogP contribution >= 0.6 is 11.8 Å². The van der Waals surface area contributed by atoms with Gasteiger partial charge in [-0.3, -0.25) is 9.59 Å². The Balaban J connectivity index is 1.73. The number of amides is 2. The third-order valence-electron chi connectivity index (χ3n) is 4.70. The fourth-order valence-electron chi connectivity index (χ4n) is 2.72. The van der Waals surface area contributed by atoms with E-state index in [2.05, 4.69) is 10.6 Å². The second-order valence-electron chi connectivity index (χ2n) is 8.28. The van der Waals surface area contributed by atoms with Gasteiger partial charge in [0, 0.05) is 33.2 Å². The van der Waals surface area contributed by atoms with E-state index in [0.29, 0.717) is 5.75 Å². The molecule has 0 aromatic heterocycles. The first-order valence-electron chi connectivity index (χ1n) is 9.79.